The molecule has 0 amide bonds. The maximum absolute atomic E-state index is 9.93. The molecule has 0 atom stereocenters. The zero-order chi connectivity index (χ0) is 7.82. The number of nitriles is 1. The molecule has 4 nitrogen and oxygen atoms in total. The van der Waals surface area contributed by atoms with Gasteiger partial charge in [0.25, 0.3) is 0 Å². The molecule has 0 rings (SSSR count). The van der Waals surface area contributed by atoms with Crippen LogP contribution in [-0.4, -0.2) is 24.2 Å². The van der Waals surface area contributed by atoms with Gasteiger partial charge in [-0.15, -0.1) is 0 Å². The van der Waals surface area contributed by atoms with Gasteiger partial charge in [-0.1, -0.05) is 0 Å². The molecule has 2 N–H and O–H groups in total. The molecule has 0 unspecified atom stereocenters. The van der Waals surface area contributed by atoms with Crippen molar-refractivity contribution in [2.45, 2.75) is 12.8 Å². The summed E-state index contributed by atoms with van der Waals surface area (Å²) in [6.07, 6.45) is 0.547. The summed E-state index contributed by atoms with van der Waals surface area (Å²) in [4.78, 5) is 9.93. The molecule has 0 aliphatic rings. The second-order valence-corrected chi connectivity index (χ2v) is 1.80. The van der Waals surface area contributed by atoms with Gasteiger partial charge < -0.3 is 10.4 Å². The molecule has 0 bridgehead atoms. The Labute approximate surface area is 59.5 Å². The van der Waals surface area contributed by atoms with Gasteiger partial charge in [-0.05, 0) is 0 Å². The molecule has 0 saturated heterocycles. The Morgan fingerprint density at radius 1 is 1.60 bits per heavy atom. The fourth-order valence-corrected chi connectivity index (χ4v) is 0.465. The van der Waals surface area contributed by atoms with E-state index in [2.05, 4.69) is 5.32 Å². The molecule has 0 aromatic heterocycles. The predicted octanol–water partition coefficient (Wildman–Crippen LogP) is -0.0356. The number of hydrogen-bond acceptors (Lipinski definition) is 3. The van der Waals surface area contributed by atoms with Gasteiger partial charge in [0.1, 0.15) is 0 Å². The quantitative estimate of drug-likeness (QED) is 0.528. The van der Waals surface area contributed by atoms with Crippen LogP contribution in [-0.2, 0) is 4.79 Å². The highest BCUT2D eigenvalue weighted by atomic mass is 16.4. The van der Waals surface area contributed by atoms with E-state index in [-0.39, 0.29) is 6.42 Å². The highest BCUT2D eigenvalue weighted by Gasteiger charge is 1.93. The summed E-state index contributed by atoms with van der Waals surface area (Å²) in [5.74, 6) is -0.815. The van der Waals surface area contributed by atoms with Crippen LogP contribution < -0.4 is 5.32 Å². The Bertz CT molecular complexity index is 139. The van der Waals surface area contributed by atoms with Crippen LogP contribution in [0.15, 0.2) is 0 Å². The number of hydrogen-bond donors (Lipinski definition) is 2. The number of carboxylic acids is 1. The van der Waals surface area contributed by atoms with Crippen LogP contribution in [0.5, 0.6) is 0 Å². The van der Waals surface area contributed by atoms with Gasteiger partial charge in [-0.3, -0.25) is 4.79 Å². The molecular weight excluding hydrogens is 132 g/mol. The predicted molar refractivity (Wildman–Crippen MR) is 35.4 cm³/mol. The molecule has 10 heavy (non-hydrogen) atoms. The smallest absolute Gasteiger partial charge is 0.304 e. The second kappa shape index (κ2) is 6.05. The number of nitrogens with one attached hydrogen (secondary N) is 1. The van der Waals surface area contributed by atoms with Gasteiger partial charge >= 0.3 is 5.97 Å². The van der Waals surface area contributed by atoms with Gasteiger partial charge in [0, 0.05) is 19.5 Å². The van der Waals surface area contributed by atoms with E-state index in [9.17, 15) is 4.79 Å². The second-order valence-electron chi connectivity index (χ2n) is 1.80. The Kier molecular flexibility index (Phi) is 5.39. The van der Waals surface area contributed by atoms with Gasteiger partial charge in [-0.25, -0.2) is 0 Å². The first kappa shape index (κ1) is 8.92. The van der Waals surface area contributed by atoms with Gasteiger partial charge in [0.05, 0.1) is 12.5 Å². The van der Waals surface area contributed by atoms with Crippen molar-refractivity contribution in [3.05, 3.63) is 0 Å². The third kappa shape index (κ3) is 6.92. The highest BCUT2D eigenvalue weighted by Crippen LogP contribution is 1.75. The third-order valence-electron chi connectivity index (χ3n) is 0.929. The first-order chi connectivity index (χ1) is 4.77. The first-order valence-electron chi connectivity index (χ1n) is 3.07. The van der Waals surface area contributed by atoms with E-state index >= 15 is 0 Å². The number of rotatable bonds is 5. The molecule has 4 heteroatoms. The van der Waals surface area contributed by atoms with E-state index in [1.807, 2.05) is 6.07 Å². The zero-order valence-corrected chi connectivity index (χ0v) is 5.63. The molecule has 0 aromatic carbocycles. The van der Waals surface area contributed by atoms with Crippen LogP contribution in [0.3, 0.4) is 0 Å². The lowest BCUT2D eigenvalue weighted by Gasteiger charge is -1.96. The minimum atomic E-state index is -0.815. The Morgan fingerprint density at radius 3 is 2.80 bits per heavy atom. The summed E-state index contributed by atoms with van der Waals surface area (Å²) in [6.45, 7) is 1.01. The minimum Gasteiger partial charge on any atom is -0.481 e. The number of aliphatic carboxylic acids is 1. The first-order valence-corrected chi connectivity index (χ1v) is 3.07. The number of carboxylic acid groups (broad SMARTS) is 1. The van der Waals surface area contributed by atoms with Crippen LogP contribution >= 0.6 is 0 Å². The topological polar surface area (TPSA) is 73.1 Å². The molecule has 0 fully saturated rings. The maximum atomic E-state index is 9.93. The van der Waals surface area contributed by atoms with Gasteiger partial charge in [0.2, 0.25) is 0 Å². The minimum absolute atomic E-state index is 0.116. The monoisotopic (exact) mass is 142 g/mol. The average molecular weight is 142 g/mol. The Balaban J connectivity index is 2.92. The summed E-state index contributed by atoms with van der Waals surface area (Å²) in [6, 6.07) is 1.95. The van der Waals surface area contributed by atoms with Crippen LogP contribution in [0, 0.1) is 11.3 Å². The molecular formula is C6H10N2O2. The van der Waals surface area contributed by atoms with Crippen molar-refractivity contribution in [1.29, 1.82) is 5.26 Å². The fourth-order valence-electron chi connectivity index (χ4n) is 0.465. The van der Waals surface area contributed by atoms with Gasteiger partial charge in [0.15, 0.2) is 0 Å². The van der Waals surface area contributed by atoms with Crippen molar-refractivity contribution in [3.8, 4) is 6.07 Å². The van der Waals surface area contributed by atoms with Crippen molar-refractivity contribution in [2.24, 2.45) is 0 Å². The van der Waals surface area contributed by atoms with E-state index in [0.29, 0.717) is 19.5 Å². The molecule has 0 spiro atoms. The van der Waals surface area contributed by atoms with Crippen molar-refractivity contribution >= 4 is 5.97 Å². The van der Waals surface area contributed by atoms with Crippen LogP contribution in [0.1, 0.15) is 12.8 Å². The third-order valence-corrected chi connectivity index (χ3v) is 0.929. The number of carbonyl (C=O) groups is 1. The molecule has 0 aliphatic heterocycles. The standard InChI is InChI=1S/C6H10N2O2/c7-3-1-4-8-5-2-6(9)10/h8H,1-2,4-5H2,(H,9,10). The van der Waals surface area contributed by atoms with Crippen LogP contribution in [0.25, 0.3) is 0 Å². The highest BCUT2D eigenvalue weighted by molar-refractivity contribution is 5.66. The fraction of sp³-hybridized carbons (Fsp3) is 0.667. The SMILES string of the molecule is N#CCCNCCC(=O)O. The Morgan fingerprint density at radius 2 is 2.30 bits per heavy atom. The molecule has 56 valence electrons. The van der Waals surface area contributed by atoms with Crippen molar-refractivity contribution in [1.82, 2.24) is 5.32 Å². The molecule has 0 aromatic rings. The molecule has 0 aliphatic carbocycles. The summed E-state index contributed by atoms with van der Waals surface area (Å²) in [5.41, 5.74) is 0. The van der Waals surface area contributed by atoms with Crippen LogP contribution in [0.4, 0.5) is 0 Å². The van der Waals surface area contributed by atoms with E-state index in [0.717, 1.165) is 0 Å². The van der Waals surface area contributed by atoms with E-state index in [1.54, 1.807) is 0 Å². The van der Waals surface area contributed by atoms with Gasteiger partial charge in [-0.2, -0.15) is 5.26 Å². The molecule has 0 heterocycles. The number of nitrogens with zero attached hydrogens (tertiary/aromatic N) is 1. The molecule has 0 radical (unpaired) electrons. The summed E-state index contributed by atoms with van der Waals surface area (Å²) in [5, 5.41) is 19.0. The zero-order valence-electron chi connectivity index (χ0n) is 5.63. The lowest BCUT2D eigenvalue weighted by Crippen LogP contribution is -2.18. The summed E-state index contributed by atoms with van der Waals surface area (Å²) in [7, 11) is 0. The van der Waals surface area contributed by atoms with Crippen molar-refractivity contribution < 1.29 is 9.90 Å². The summed E-state index contributed by atoms with van der Waals surface area (Å²) < 4.78 is 0. The average Bonchev–Trinajstić information content (AvgIpc) is 1.87. The lowest BCUT2D eigenvalue weighted by molar-refractivity contribution is -0.136. The van der Waals surface area contributed by atoms with Crippen molar-refractivity contribution in [3.63, 3.8) is 0 Å². The lowest BCUT2D eigenvalue weighted by atomic mass is 10.4. The normalized spacial score (nSPS) is 8.70. The summed E-state index contributed by atoms with van der Waals surface area (Å²) >= 11 is 0. The van der Waals surface area contributed by atoms with E-state index < -0.39 is 5.97 Å². The maximum Gasteiger partial charge on any atom is 0.304 e. The van der Waals surface area contributed by atoms with E-state index in [1.165, 1.54) is 0 Å². The van der Waals surface area contributed by atoms with Crippen LogP contribution in [0.2, 0.25) is 0 Å². The molecule has 0 saturated carbocycles. The van der Waals surface area contributed by atoms with Crippen molar-refractivity contribution in [2.75, 3.05) is 13.1 Å². The van der Waals surface area contributed by atoms with E-state index in [4.69, 9.17) is 10.4 Å². The largest absolute Gasteiger partial charge is 0.481 e. The Hall–Kier alpha value is -1.08.